The Hall–Kier alpha value is -1.73. The maximum absolute atomic E-state index is 12.1. The van der Waals surface area contributed by atoms with Gasteiger partial charge in [-0.1, -0.05) is 11.6 Å². The minimum absolute atomic E-state index is 0.0540. The molecule has 1 aliphatic heterocycles. The van der Waals surface area contributed by atoms with E-state index in [0.29, 0.717) is 6.54 Å². The number of pyridine rings is 1. The van der Waals surface area contributed by atoms with E-state index in [0.717, 1.165) is 19.3 Å². The van der Waals surface area contributed by atoms with E-state index in [2.05, 4.69) is 15.2 Å². The van der Waals surface area contributed by atoms with Gasteiger partial charge in [-0.25, -0.2) is 4.98 Å². The Kier molecular flexibility index (Phi) is 5.08. The van der Waals surface area contributed by atoms with Crippen molar-refractivity contribution in [3.8, 4) is 0 Å². The third kappa shape index (κ3) is 3.89. The SMILES string of the molecule is CC(CNC(=O)c1cc(Cl)ncc1[N+](=O)[O-])N1CCCC1. The number of carbonyl (C=O) groups excluding carboxylic acids is 1. The number of nitrogens with one attached hydrogen (secondary N) is 1. The third-order valence-corrected chi connectivity index (χ3v) is 3.82. The molecule has 2 rings (SSSR count). The highest BCUT2D eigenvalue weighted by atomic mass is 35.5. The molecule has 21 heavy (non-hydrogen) atoms. The number of hydrogen-bond donors (Lipinski definition) is 1. The lowest BCUT2D eigenvalue weighted by Crippen LogP contribution is -2.40. The van der Waals surface area contributed by atoms with E-state index in [1.165, 1.54) is 18.9 Å². The van der Waals surface area contributed by atoms with Crippen LogP contribution in [0.1, 0.15) is 30.1 Å². The van der Waals surface area contributed by atoms with E-state index in [9.17, 15) is 14.9 Å². The highest BCUT2D eigenvalue weighted by Gasteiger charge is 2.23. The minimum atomic E-state index is -0.637. The predicted octanol–water partition coefficient (Wildman–Crippen LogP) is 1.86. The molecule has 7 nitrogen and oxygen atoms in total. The Labute approximate surface area is 127 Å². The summed E-state index contributed by atoms with van der Waals surface area (Å²) in [6.45, 7) is 4.52. The molecule has 114 valence electrons. The Balaban J connectivity index is 2.02. The highest BCUT2D eigenvalue weighted by molar-refractivity contribution is 6.29. The molecule has 1 aliphatic rings. The summed E-state index contributed by atoms with van der Waals surface area (Å²) in [6, 6.07) is 1.42. The second-order valence-corrected chi connectivity index (χ2v) is 5.47. The van der Waals surface area contributed by atoms with E-state index in [1.807, 2.05) is 6.92 Å². The number of halogens is 1. The van der Waals surface area contributed by atoms with Gasteiger partial charge in [0.15, 0.2) is 0 Å². The van der Waals surface area contributed by atoms with Crippen molar-refractivity contribution in [3.63, 3.8) is 0 Å². The average molecular weight is 313 g/mol. The molecule has 0 saturated carbocycles. The average Bonchev–Trinajstić information content (AvgIpc) is 2.98. The lowest BCUT2D eigenvalue weighted by molar-refractivity contribution is -0.385. The van der Waals surface area contributed by atoms with Crippen LogP contribution < -0.4 is 5.32 Å². The molecule has 1 aromatic heterocycles. The first-order valence-electron chi connectivity index (χ1n) is 6.81. The third-order valence-electron chi connectivity index (χ3n) is 3.61. The van der Waals surface area contributed by atoms with Crippen molar-refractivity contribution in [2.45, 2.75) is 25.8 Å². The molecule has 1 atom stereocenters. The monoisotopic (exact) mass is 312 g/mol. The van der Waals surface area contributed by atoms with Gasteiger partial charge in [0.2, 0.25) is 0 Å². The summed E-state index contributed by atoms with van der Waals surface area (Å²) in [7, 11) is 0. The van der Waals surface area contributed by atoms with E-state index in [4.69, 9.17) is 11.6 Å². The molecule has 1 N–H and O–H groups in total. The molecule has 1 saturated heterocycles. The van der Waals surface area contributed by atoms with Crippen LogP contribution in [0.25, 0.3) is 0 Å². The standard InChI is InChI=1S/C13H17ClN4O3/c1-9(17-4-2-3-5-17)7-16-13(19)10-6-12(14)15-8-11(10)18(20)21/h6,8-9H,2-5,7H2,1H3,(H,16,19). The Bertz CT molecular complexity index is 546. The molecule has 0 aromatic carbocycles. The number of nitro groups is 1. The van der Waals surface area contributed by atoms with Gasteiger partial charge in [0.1, 0.15) is 16.9 Å². The Morgan fingerprint density at radius 1 is 1.57 bits per heavy atom. The molecule has 0 spiro atoms. The van der Waals surface area contributed by atoms with Crippen molar-refractivity contribution in [2.24, 2.45) is 0 Å². The number of carbonyl (C=O) groups is 1. The van der Waals surface area contributed by atoms with Gasteiger partial charge >= 0.3 is 0 Å². The molecule has 1 aromatic rings. The molecule has 1 amide bonds. The molecule has 0 bridgehead atoms. The largest absolute Gasteiger partial charge is 0.350 e. The fourth-order valence-corrected chi connectivity index (χ4v) is 2.56. The number of aromatic nitrogens is 1. The van der Waals surface area contributed by atoms with Crippen LogP contribution in [-0.2, 0) is 0 Å². The number of amides is 1. The Morgan fingerprint density at radius 2 is 2.24 bits per heavy atom. The molecular weight excluding hydrogens is 296 g/mol. The van der Waals surface area contributed by atoms with Gasteiger partial charge in [0, 0.05) is 12.6 Å². The first kappa shape index (κ1) is 15.7. The molecule has 0 radical (unpaired) electrons. The molecule has 1 unspecified atom stereocenters. The first-order valence-corrected chi connectivity index (χ1v) is 7.19. The number of nitrogens with zero attached hydrogens (tertiary/aromatic N) is 3. The van der Waals surface area contributed by atoms with Crippen LogP contribution in [-0.4, -0.2) is 46.4 Å². The van der Waals surface area contributed by atoms with E-state index in [1.54, 1.807) is 0 Å². The van der Waals surface area contributed by atoms with Gasteiger partial charge in [0.25, 0.3) is 11.6 Å². The number of hydrogen-bond acceptors (Lipinski definition) is 5. The number of rotatable bonds is 5. The lowest BCUT2D eigenvalue weighted by Gasteiger charge is -2.23. The summed E-state index contributed by atoms with van der Waals surface area (Å²) in [4.78, 5) is 28.3. The molecule has 1 fully saturated rings. The Morgan fingerprint density at radius 3 is 2.86 bits per heavy atom. The van der Waals surface area contributed by atoms with E-state index in [-0.39, 0.29) is 22.4 Å². The first-order chi connectivity index (χ1) is 9.99. The van der Waals surface area contributed by atoms with Gasteiger partial charge in [-0.05, 0) is 38.9 Å². The maximum Gasteiger partial charge on any atom is 0.300 e. The fraction of sp³-hybridized carbons (Fsp3) is 0.538. The molecular formula is C13H17ClN4O3. The zero-order valence-electron chi connectivity index (χ0n) is 11.7. The van der Waals surface area contributed by atoms with Crippen LogP contribution in [0.2, 0.25) is 5.15 Å². The highest BCUT2D eigenvalue weighted by Crippen LogP contribution is 2.20. The van der Waals surface area contributed by atoms with Gasteiger partial charge in [-0.15, -0.1) is 0 Å². The summed E-state index contributed by atoms with van der Waals surface area (Å²) in [5.74, 6) is -0.503. The quantitative estimate of drug-likeness (QED) is 0.509. The van der Waals surface area contributed by atoms with Crippen molar-refractivity contribution in [3.05, 3.63) is 33.1 Å². The van der Waals surface area contributed by atoms with Crippen LogP contribution in [0, 0.1) is 10.1 Å². The van der Waals surface area contributed by atoms with Gasteiger partial charge in [0.05, 0.1) is 4.92 Å². The summed E-state index contributed by atoms with van der Waals surface area (Å²) in [6.07, 6.45) is 3.34. The zero-order valence-corrected chi connectivity index (χ0v) is 12.5. The summed E-state index contributed by atoms with van der Waals surface area (Å²) >= 11 is 5.71. The van der Waals surface area contributed by atoms with Crippen molar-refractivity contribution in [2.75, 3.05) is 19.6 Å². The normalized spacial score (nSPS) is 16.7. The van der Waals surface area contributed by atoms with Crippen LogP contribution in [0.15, 0.2) is 12.3 Å². The maximum atomic E-state index is 12.1. The van der Waals surface area contributed by atoms with Gasteiger partial charge in [-0.3, -0.25) is 19.8 Å². The van der Waals surface area contributed by atoms with Gasteiger partial charge in [-0.2, -0.15) is 0 Å². The van der Waals surface area contributed by atoms with Gasteiger partial charge < -0.3 is 5.32 Å². The van der Waals surface area contributed by atoms with Crippen molar-refractivity contribution < 1.29 is 9.72 Å². The second kappa shape index (κ2) is 6.82. The summed E-state index contributed by atoms with van der Waals surface area (Å²) in [5.41, 5.74) is -0.403. The van der Waals surface area contributed by atoms with Crippen LogP contribution in [0.5, 0.6) is 0 Å². The van der Waals surface area contributed by atoms with Crippen LogP contribution in [0.3, 0.4) is 0 Å². The molecule has 8 heteroatoms. The van der Waals surface area contributed by atoms with Crippen molar-refractivity contribution in [1.82, 2.24) is 15.2 Å². The number of likely N-dealkylation sites (tertiary alicyclic amines) is 1. The van der Waals surface area contributed by atoms with Crippen LogP contribution in [0.4, 0.5) is 5.69 Å². The zero-order chi connectivity index (χ0) is 15.4. The van der Waals surface area contributed by atoms with E-state index >= 15 is 0 Å². The topological polar surface area (TPSA) is 88.4 Å². The summed E-state index contributed by atoms with van der Waals surface area (Å²) in [5, 5.41) is 13.7. The smallest absolute Gasteiger partial charge is 0.300 e. The lowest BCUT2D eigenvalue weighted by atomic mass is 10.2. The predicted molar refractivity (Wildman–Crippen MR) is 78.5 cm³/mol. The molecule has 2 heterocycles. The molecule has 0 aliphatic carbocycles. The van der Waals surface area contributed by atoms with Crippen molar-refractivity contribution >= 4 is 23.2 Å². The van der Waals surface area contributed by atoms with E-state index < -0.39 is 10.8 Å². The minimum Gasteiger partial charge on any atom is -0.350 e. The fourth-order valence-electron chi connectivity index (χ4n) is 2.40. The van der Waals surface area contributed by atoms with Crippen molar-refractivity contribution in [1.29, 1.82) is 0 Å². The summed E-state index contributed by atoms with van der Waals surface area (Å²) < 4.78 is 0. The second-order valence-electron chi connectivity index (χ2n) is 5.08. The van der Waals surface area contributed by atoms with Crippen LogP contribution >= 0.6 is 11.6 Å².